The van der Waals surface area contributed by atoms with Crippen LogP contribution >= 0.6 is 0 Å². The van der Waals surface area contributed by atoms with Crippen molar-refractivity contribution in [3.63, 3.8) is 0 Å². The third-order valence-electron chi connectivity index (χ3n) is 4.26. The summed E-state index contributed by atoms with van der Waals surface area (Å²) in [6.07, 6.45) is 5.33. The summed E-state index contributed by atoms with van der Waals surface area (Å²) in [5.41, 5.74) is 3.01. The van der Waals surface area contributed by atoms with E-state index in [-0.39, 0.29) is 0 Å². The van der Waals surface area contributed by atoms with E-state index < -0.39 is 0 Å². The molecular weight excluding hydrogens is 318 g/mol. The average Bonchev–Trinajstić information content (AvgIpc) is 2.68. The van der Waals surface area contributed by atoms with Crippen LogP contribution in [-0.4, -0.2) is 65.8 Å². The van der Waals surface area contributed by atoms with Crippen molar-refractivity contribution in [1.82, 2.24) is 19.8 Å². The molecule has 1 aromatic heterocycles. The summed E-state index contributed by atoms with van der Waals surface area (Å²) in [5.74, 6) is 0.686. The summed E-state index contributed by atoms with van der Waals surface area (Å²) in [6, 6.07) is 8.01. The monoisotopic (exact) mass is 339 g/mol. The number of carbonyl (C=O) groups excluding carboxylic acids is 2. The fraction of sp³-hybridized carbons (Fsp3) is 0.333. The number of nitrogens with zero attached hydrogens (tertiary/aromatic N) is 5. The van der Waals surface area contributed by atoms with Gasteiger partial charge >= 0.3 is 0 Å². The van der Waals surface area contributed by atoms with Gasteiger partial charge in [0.25, 0.3) is 0 Å². The number of hydrogen-bond donors (Lipinski definition) is 0. The molecule has 130 valence electrons. The molecule has 25 heavy (non-hydrogen) atoms. The summed E-state index contributed by atoms with van der Waals surface area (Å²) >= 11 is 0. The molecule has 0 unspecified atom stereocenters. The van der Waals surface area contributed by atoms with Crippen molar-refractivity contribution >= 4 is 18.8 Å². The Hall–Kier alpha value is -2.96. The Labute approximate surface area is 146 Å². The predicted molar refractivity (Wildman–Crippen MR) is 94.8 cm³/mol. The van der Waals surface area contributed by atoms with Gasteiger partial charge in [0.05, 0.1) is 0 Å². The van der Waals surface area contributed by atoms with Crippen molar-refractivity contribution < 1.29 is 9.59 Å². The van der Waals surface area contributed by atoms with Gasteiger partial charge in [0.15, 0.2) is 0 Å². The van der Waals surface area contributed by atoms with Crippen LogP contribution in [0.2, 0.25) is 0 Å². The molecule has 0 spiro atoms. The Morgan fingerprint density at radius 1 is 1.08 bits per heavy atom. The second-order valence-electron chi connectivity index (χ2n) is 6.12. The van der Waals surface area contributed by atoms with E-state index in [9.17, 15) is 9.59 Å². The lowest BCUT2D eigenvalue weighted by atomic mass is 10.1. The highest BCUT2D eigenvalue weighted by Crippen LogP contribution is 2.21. The first-order chi connectivity index (χ1) is 12.2. The highest BCUT2D eigenvalue weighted by molar-refractivity contribution is 5.63. The lowest BCUT2D eigenvalue weighted by Crippen LogP contribution is -2.46. The zero-order chi connectivity index (χ0) is 17.6. The van der Waals surface area contributed by atoms with Gasteiger partial charge in [0, 0.05) is 57.7 Å². The highest BCUT2D eigenvalue weighted by Gasteiger charge is 2.17. The standard InChI is InChI=1S/C18H21N5O2/c1-21(13-24)12-15-3-2-4-16(9-15)17-10-19-18(20-11-17)23-7-5-22(14-25)6-8-23/h2-4,9-11,13-14H,5-8,12H2,1H3. The largest absolute Gasteiger partial charge is 0.344 e. The number of aromatic nitrogens is 2. The van der Waals surface area contributed by atoms with Gasteiger partial charge in [-0.2, -0.15) is 0 Å². The molecular formula is C18H21N5O2. The lowest BCUT2D eigenvalue weighted by molar-refractivity contribution is -0.118. The van der Waals surface area contributed by atoms with E-state index in [2.05, 4.69) is 14.9 Å². The van der Waals surface area contributed by atoms with Crippen LogP contribution in [0.15, 0.2) is 36.7 Å². The van der Waals surface area contributed by atoms with Crippen LogP contribution in [0.1, 0.15) is 5.56 Å². The van der Waals surface area contributed by atoms with Gasteiger partial charge in [-0.1, -0.05) is 18.2 Å². The van der Waals surface area contributed by atoms with E-state index in [0.29, 0.717) is 25.6 Å². The van der Waals surface area contributed by atoms with E-state index >= 15 is 0 Å². The van der Waals surface area contributed by atoms with E-state index in [1.54, 1.807) is 16.8 Å². The lowest BCUT2D eigenvalue weighted by Gasteiger charge is -2.32. The molecule has 0 bridgehead atoms. The molecule has 2 amide bonds. The molecule has 0 atom stereocenters. The van der Waals surface area contributed by atoms with Crippen LogP contribution in [0.5, 0.6) is 0 Å². The van der Waals surface area contributed by atoms with E-state index in [1.807, 2.05) is 36.7 Å². The first-order valence-electron chi connectivity index (χ1n) is 8.21. The molecule has 0 aliphatic carbocycles. The maximum atomic E-state index is 10.8. The molecule has 0 N–H and O–H groups in total. The van der Waals surface area contributed by atoms with Gasteiger partial charge in [-0.25, -0.2) is 9.97 Å². The second kappa shape index (κ2) is 7.74. The van der Waals surface area contributed by atoms with Crippen LogP contribution in [0.25, 0.3) is 11.1 Å². The minimum atomic E-state index is 0.567. The molecule has 0 saturated carbocycles. The fourth-order valence-electron chi connectivity index (χ4n) is 2.84. The molecule has 7 heteroatoms. The van der Waals surface area contributed by atoms with Crippen LogP contribution < -0.4 is 4.90 Å². The van der Waals surface area contributed by atoms with Crippen molar-refractivity contribution in [3.8, 4) is 11.1 Å². The smallest absolute Gasteiger partial charge is 0.225 e. The quantitative estimate of drug-likeness (QED) is 0.735. The van der Waals surface area contributed by atoms with Gasteiger partial charge < -0.3 is 14.7 Å². The number of amides is 2. The van der Waals surface area contributed by atoms with Crippen LogP contribution in [0.3, 0.4) is 0 Å². The number of benzene rings is 1. The molecule has 2 aromatic rings. The summed E-state index contributed by atoms with van der Waals surface area (Å²) in [7, 11) is 1.75. The SMILES string of the molecule is CN(C=O)Cc1cccc(-c2cnc(N3CCN(C=O)CC3)nc2)c1. The maximum Gasteiger partial charge on any atom is 0.225 e. The predicted octanol–water partition coefficient (Wildman–Crippen LogP) is 1.01. The zero-order valence-electron chi connectivity index (χ0n) is 14.2. The third-order valence-corrected chi connectivity index (χ3v) is 4.26. The molecule has 7 nitrogen and oxygen atoms in total. The summed E-state index contributed by atoms with van der Waals surface area (Å²) in [5, 5.41) is 0. The zero-order valence-corrected chi connectivity index (χ0v) is 14.2. The third kappa shape index (κ3) is 4.12. The van der Waals surface area contributed by atoms with Crippen LogP contribution in [0.4, 0.5) is 5.95 Å². The van der Waals surface area contributed by atoms with Gasteiger partial charge in [-0.05, 0) is 17.2 Å². The molecule has 1 fully saturated rings. The van der Waals surface area contributed by atoms with Gasteiger partial charge in [0.2, 0.25) is 18.8 Å². The number of hydrogen-bond acceptors (Lipinski definition) is 5. The van der Waals surface area contributed by atoms with Gasteiger partial charge in [0.1, 0.15) is 0 Å². The van der Waals surface area contributed by atoms with Crippen molar-refractivity contribution in [2.45, 2.75) is 6.54 Å². The summed E-state index contributed by atoms with van der Waals surface area (Å²) in [4.78, 5) is 35.9. The normalized spacial score (nSPS) is 14.3. The molecule has 2 heterocycles. The first kappa shape index (κ1) is 16.9. The van der Waals surface area contributed by atoms with Crippen molar-refractivity contribution in [2.75, 3.05) is 38.1 Å². The molecule has 1 saturated heterocycles. The molecule has 3 rings (SSSR count). The number of carbonyl (C=O) groups is 2. The second-order valence-corrected chi connectivity index (χ2v) is 6.12. The minimum absolute atomic E-state index is 0.567. The number of piperazine rings is 1. The maximum absolute atomic E-state index is 10.8. The van der Waals surface area contributed by atoms with Crippen molar-refractivity contribution in [3.05, 3.63) is 42.2 Å². The molecule has 0 radical (unpaired) electrons. The molecule has 1 aromatic carbocycles. The Morgan fingerprint density at radius 2 is 1.80 bits per heavy atom. The summed E-state index contributed by atoms with van der Waals surface area (Å²) < 4.78 is 0. The highest BCUT2D eigenvalue weighted by atomic mass is 16.1. The Morgan fingerprint density at radius 3 is 2.44 bits per heavy atom. The van der Waals surface area contributed by atoms with Crippen molar-refractivity contribution in [2.24, 2.45) is 0 Å². The molecule has 1 aliphatic rings. The molecule has 1 aliphatic heterocycles. The van der Waals surface area contributed by atoms with E-state index in [1.165, 1.54) is 0 Å². The minimum Gasteiger partial charge on any atom is -0.344 e. The van der Waals surface area contributed by atoms with Crippen LogP contribution in [-0.2, 0) is 16.1 Å². The number of rotatable bonds is 6. The first-order valence-corrected chi connectivity index (χ1v) is 8.21. The Bertz CT molecular complexity index is 727. The fourth-order valence-corrected chi connectivity index (χ4v) is 2.84. The van der Waals surface area contributed by atoms with Gasteiger partial charge in [-0.15, -0.1) is 0 Å². The Kier molecular flexibility index (Phi) is 5.23. The summed E-state index contributed by atoms with van der Waals surface area (Å²) in [6.45, 7) is 3.44. The van der Waals surface area contributed by atoms with E-state index in [0.717, 1.165) is 42.6 Å². The average molecular weight is 339 g/mol. The van der Waals surface area contributed by atoms with Gasteiger partial charge in [-0.3, -0.25) is 9.59 Å². The van der Waals surface area contributed by atoms with Crippen molar-refractivity contribution in [1.29, 1.82) is 0 Å². The van der Waals surface area contributed by atoms with E-state index in [4.69, 9.17) is 0 Å². The van der Waals surface area contributed by atoms with Crippen LogP contribution in [0, 0.1) is 0 Å². The Balaban J connectivity index is 1.71. The number of anilines is 1. The topological polar surface area (TPSA) is 69.6 Å².